The summed E-state index contributed by atoms with van der Waals surface area (Å²) in [4.78, 5) is 35.7. The highest BCUT2D eigenvalue weighted by Gasteiger charge is 2.30. The van der Waals surface area contributed by atoms with Crippen LogP contribution in [-0.4, -0.2) is 58.1 Å². The molecule has 0 aliphatic carbocycles. The highest BCUT2D eigenvalue weighted by Crippen LogP contribution is 2.37. The number of rotatable bonds is 5. The van der Waals surface area contributed by atoms with Gasteiger partial charge < -0.3 is 15.4 Å². The van der Waals surface area contributed by atoms with Gasteiger partial charge in [-0.05, 0) is 50.1 Å². The molecule has 2 saturated heterocycles. The SMILES string of the molecule is Cc1cc(Cl)cc(-c2ncnc3cc(CN4C(=O)CCNC4=O)sc23)c1C[C@@H]1CNCC(C)(C)O1. The Bertz CT molecular complexity index is 1290. The van der Waals surface area contributed by atoms with Crippen LogP contribution in [0, 0.1) is 6.92 Å². The first-order chi connectivity index (χ1) is 16.7. The average molecular weight is 514 g/mol. The van der Waals surface area contributed by atoms with Crippen LogP contribution < -0.4 is 10.6 Å². The molecule has 2 fully saturated rings. The van der Waals surface area contributed by atoms with Crippen molar-refractivity contribution in [3.05, 3.63) is 45.6 Å². The van der Waals surface area contributed by atoms with Crippen LogP contribution in [0.15, 0.2) is 24.5 Å². The van der Waals surface area contributed by atoms with Crippen molar-refractivity contribution in [1.29, 1.82) is 0 Å². The number of hydrogen-bond donors (Lipinski definition) is 2. The van der Waals surface area contributed by atoms with Gasteiger partial charge in [-0.25, -0.2) is 14.8 Å². The minimum Gasteiger partial charge on any atom is -0.369 e. The monoisotopic (exact) mass is 513 g/mol. The van der Waals surface area contributed by atoms with E-state index >= 15 is 0 Å². The number of aromatic nitrogens is 2. The molecule has 0 saturated carbocycles. The van der Waals surface area contributed by atoms with Gasteiger partial charge in [0, 0.05) is 47.9 Å². The Morgan fingerprint density at radius 2 is 2.09 bits per heavy atom. The molecule has 2 aliphatic rings. The third-order valence-corrected chi connectivity index (χ3v) is 7.70. The largest absolute Gasteiger partial charge is 0.369 e. The van der Waals surface area contributed by atoms with Crippen LogP contribution in [-0.2, 0) is 22.5 Å². The van der Waals surface area contributed by atoms with E-state index in [1.807, 2.05) is 18.2 Å². The molecule has 0 unspecified atom stereocenters. The number of urea groups is 1. The Morgan fingerprint density at radius 1 is 1.26 bits per heavy atom. The summed E-state index contributed by atoms with van der Waals surface area (Å²) in [6.07, 6.45) is 2.61. The van der Waals surface area contributed by atoms with E-state index in [1.54, 1.807) is 6.33 Å². The smallest absolute Gasteiger partial charge is 0.324 e. The summed E-state index contributed by atoms with van der Waals surface area (Å²) in [6, 6.07) is 5.49. The lowest BCUT2D eigenvalue weighted by atomic mass is 9.93. The summed E-state index contributed by atoms with van der Waals surface area (Å²) in [6.45, 7) is 8.43. The van der Waals surface area contributed by atoms with Crippen LogP contribution in [0.25, 0.3) is 21.5 Å². The van der Waals surface area contributed by atoms with Crippen molar-refractivity contribution in [3.63, 3.8) is 0 Å². The molecule has 0 radical (unpaired) electrons. The van der Waals surface area contributed by atoms with E-state index in [0.29, 0.717) is 18.0 Å². The quantitative estimate of drug-likeness (QED) is 0.534. The number of benzene rings is 1. The fourth-order valence-electron chi connectivity index (χ4n) is 4.77. The molecule has 2 N–H and O–H groups in total. The van der Waals surface area contributed by atoms with Gasteiger partial charge in [-0.2, -0.15) is 0 Å². The predicted molar refractivity (Wildman–Crippen MR) is 137 cm³/mol. The second kappa shape index (κ2) is 9.46. The molecule has 5 rings (SSSR count). The molecule has 4 heterocycles. The van der Waals surface area contributed by atoms with Crippen molar-refractivity contribution in [2.45, 2.75) is 51.9 Å². The molecule has 2 aliphatic heterocycles. The molecule has 184 valence electrons. The van der Waals surface area contributed by atoms with E-state index in [9.17, 15) is 9.59 Å². The molecular weight excluding hydrogens is 486 g/mol. The number of morpholine rings is 1. The van der Waals surface area contributed by atoms with Crippen LogP contribution in [0.4, 0.5) is 4.79 Å². The standard InChI is InChI=1S/C25H28ClN5O3S/c1-14-6-15(26)7-19(18(14)8-16-10-27-12-25(2,3)34-16)22-23-20(29-13-30-22)9-17(35-23)11-31-21(32)4-5-28-24(31)33/h6-7,9,13,16,27H,4-5,8,10-12H2,1-3H3,(H,28,33)/t16-/m1/s1. The molecule has 2 aromatic heterocycles. The summed E-state index contributed by atoms with van der Waals surface area (Å²) < 4.78 is 7.25. The number of aryl methyl sites for hydroxylation is 1. The fraction of sp³-hybridized carbons (Fsp3) is 0.440. The van der Waals surface area contributed by atoms with Gasteiger partial charge in [0.2, 0.25) is 5.91 Å². The lowest BCUT2D eigenvalue weighted by Crippen LogP contribution is -2.51. The Hall–Kier alpha value is -2.59. The first-order valence-corrected chi connectivity index (χ1v) is 12.9. The molecule has 1 aromatic carbocycles. The number of nitrogens with one attached hydrogen (secondary N) is 2. The molecule has 35 heavy (non-hydrogen) atoms. The van der Waals surface area contributed by atoms with Crippen molar-refractivity contribution < 1.29 is 14.3 Å². The van der Waals surface area contributed by atoms with Crippen LogP contribution in [0.2, 0.25) is 5.02 Å². The van der Waals surface area contributed by atoms with Gasteiger partial charge >= 0.3 is 6.03 Å². The number of ether oxygens (including phenoxy) is 1. The maximum atomic E-state index is 12.3. The summed E-state index contributed by atoms with van der Waals surface area (Å²) in [5.41, 5.74) is 4.52. The first-order valence-electron chi connectivity index (χ1n) is 11.7. The predicted octanol–water partition coefficient (Wildman–Crippen LogP) is 4.07. The molecule has 1 atom stereocenters. The number of thiophene rings is 1. The number of fused-ring (bicyclic) bond motifs is 1. The van der Waals surface area contributed by atoms with Crippen molar-refractivity contribution >= 4 is 45.1 Å². The van der Waals surface area contributed by atoms with Gasteiger partial charge in [0.1, 0.15) is 6.33 Å². The van der Waals surface area contributed by atoms with E-state index in [4.69, 9.17) is 16.3 Å². The molecule has 0 bridgehead atoms. The number of nitrogens with zero attached hydrogens (tertiary/aromatic N) is 3. The Morgan fingerprint density at radius 3 is 2.86 bits per heavy atom. The normalized spacial score (nSPS) is 20.3. The van der Waals surface area contributed by atoms with Crippen molar-refractivity contribution in [1.82, 2.24) is 25.5 Å². The summed E-state index contributed by atoms with van der Waals surface area (Å²) in [5, 5.41) is 6.85. The minimum atomic E-state index is -0.359. The number of imide groups is 1. The second-order valence-corrected chi connectivity index (χ2v) is 11.3. The number of carbonyl (C=O) groups excluding carboxylic acids is 2. The third kappa shape index (κ3) is 5.04. The van der Waals surface area contributed by atoms with Gasteiger partial charge in [-0.15, -0.1) is 11.3 Å². The molecule has 8 nitrogen and oxygen atoms in total. The molecule has 10 heteroatoms. The van der Waals surface area contributed by atoms with Crippen LogP contribution in [0.5, 0.6) is 0 Å². The number of hydrogen-bond acceptors (Lipinski definition) is 7. The minimum absolute atomic E-state index is 0.0252. The van der Waals surface area contributed by atoms with E-state index in [-0.39, 0.29) is 30.2 Å². The van der Waals surface area contributed by atoms with E-state index in [1.165, 1.54) is 16.2 Å². The Balaban J connectivity index is 1.52. The number of amides is 3. The van der Waals surface area contributed by atoms with Crippen LogP contribution in [0.3, 0.4) is 0 Å². The number of halogens is 1. The highest BCUT2D eigenvalue weighted by molar-refractivity contribution is 7.19. The molecular formula is C25H28ClN5O3S. The van der Waals surface area contributed by atoms with E-state index in [2.05, 4.69) is 41.4 Å². The van der Waals surface area contributed by atoms with Gasteiger partial charge in [0.15, 0.2) is 0 Å². The van der Waals surface area contributed by atoms with Crippen molar-refractivity contribution in [3.8, 4) is 11.3 Å². The van der Waals surface area contributed by atoms with Crippen LogP contribution >= 0.6 is 22.9 Å². The Labute approximate surface area is 213 Å². The first kappa shape index (κ1) is 24.1. The highest BCUT2D eigenvalue weighted by atomic mass is 35.5. The number of carbonyl (C=O) groups is 2. The van der Waals surface area contributed by atoms with Gasteiger partial charge in [-0.3, -0.25) is 9.69 Å². The van der Waals surface area contributed by atoms with Crippen molar-refractivity contribution in [2.24, 2.45) is 0 Å². The average Bonchev–Trinajstić information content (AvgIpc) is 3.20. The van der Waals surface area contributed by atoms with Gasteiger partial charge in [0.25, 0.3) is 0 Å². The van der Waals surface area contributed by atoms with Crippen LogP contribution in [0.1, 0.15) is 36.3 Å². The van der Waals surface area contributed by atoms with E-state index in [0.717, 1.165) is 57.0 Å². The second-order valence-electron chi connectivity index (χ2n) is 9.69. The molecule has 3 amide bonds. The van der Waals surface area contributed by atoms with Gasteiger partial charge in [0.05, 0.1) is 34.2 Å². The lowest BCUT2D eigenvalue weighted by molar-refractivity contribution is -0.129. The van der Waals surface area contributed by atoms with E-state index < -0.39 is 0 Å². The van der Waals surface area contributed by atoms with Crippen molar-refractivity contribution in [2.75, 3.05) is 19.6 Å². The zero-order valence-electron chi connectivity index (χ0n) is 20.0. The summed E-state index contributed by atoms with van der Waals surface area (Å²) in [7, 11) is 0. The zero-order valence-corrected chi connectivity index (χ0v) is 21.6. The molecule has 0 spiro atoms. The maximum absolute atomic E-state index is 12.3. The summed E-state index contributed by atoms with van der Waals surface area (Å²) in [5.74, 6) is -0.172. The third-order valence-electron chi connectivity index (χ3n) is 6.37. The molecule has 3 aromatic rings. The lowest BCUT2D eigenvalue weighted by Gasteiger charge is -2.37. The Kier molecular flexibility index (Phi) is 6.52. The summed E-state index contributed by atoms with van der Waals surface area (Å²) >= 11 is 8.00. The zero-order chi connectivity index (χ0) is 24.7. The fourth-order valence-corrected chi connectivity index (χ4v) is 6.15. The van der Waals surface area contributed by atoms with Gasteiger partial charge in [-0.1, -0.05) is 11.6 Å². The maximum Gasteiger partial charge on any atom is 0.324 e. The topological polar surface area (TPSA) is 96.5 Å².